The standard InChI is InChI=1S/C32H40N4O4/c1-5-13-36(14-6-2)25-10-9-22-15-24(8-7-23(22)16-25)30-12-11-29(35(30)4)21(3)28(19-33)32(39)34-20-27-17-26(37)18-31(38)40-27/h7-12,15-16,26-27,31,37-38H,5-6,13-14,17-18,20H2,1-4H3,(H,34,39)/b28-21+. The molecule has 40 heavy (non-hydrogen) atoms. The highest BCUT2D eigenvalue weighted by Gasteiger charge is 2.28. The van der Waals surface area contributed by atoms with Crippen LogP contribution in [0.3, 0.4) is 0 Å². The van der Waals surface area contributed by atoms with Crippen LogP contribution in [-0.2, 0) is 16.6 Å². The van der Waals surface area contributed by atoms with Gasteiger partial charge in [0, 0.05) is 56.6 Å². The number of nitrogens with zero attached hydrogens (tertiary/aromatic N) is 3. The number of nitriles is 1. The van der Waals surface area contributed by atoms with Crippen molar-refractivity contribution < 1.29 is 19.7 Å². The van der Waals surface area contributed by atoms with Gasteiger partial charge < -0.3 is 29.7 Å². The van der Waals surface area contributed by atoms with Gasteiger partial charge in [0.1, 0.15) is 11.6 Å². The van der Waals surface area contributed by atoms with Crippen LogP contribution < -0.4 is 10.2 Å². The molecule has 2 aromatic carbocycles. The molecule has 1 fully saturated rings. The molecule has 3 N–H and O–H groups in total. The van der Waals surface area contributed by atoms with Gasteiger partial charge >= 0.3 is 0 Å². The smallest absolute Gasteiger partial charge is 0.262 e. The quantitative estimate of drug-likeness (QED) is 0.251. The summed E-state index contributed by atoms with van der Waals surface area (Å²) >= 11 is 0. The van der Waals surface area contributed by atoms with Crippen LogP contribution in [0.4, 0.5) is 5.69 Å². The van der Waals surface area contributed by atoms with Crippen LogP contribution in [0, 0.1) is 11.3 Å². The summed E-state index contributed by atoms with van der Waals surface area (Å²) in [4.78, 5) is 15.3. The molecule has 1 amide bonds. The first-order valence-electron chi connectivity index (χ1n) is 14.1. The number of allylic oxidation sites excluding steroid dienone is 1. The summed E-state index contributed by atoms with van der Waals surface area (Å²) in [6.07, 6.45) is 0.416. The normalized spacial score (nSPS) is 19.7. The zero-order valence-corrected chi connectivity index (χ0v) is 23.9. The highest BCUT2D eigenvalue weighted by atomic mass is 16.6. The summed E-state index contributed by atoms with van der Waals surface area (Å²) in [6, 6.07) is 19.0. The fourth-order valence-corrected chi connectivity index (χ4v) is 5.50. The van der Waals surface area contributed by atoms with Gasteiger partial charge in [-0.05, 0) is 72.0 Å². The molecule has 212 valence electrons. The Morgan fingerprint density at radius 3 is 2.45 bits per heavy atom. The van der Waals surface area contributed by atoms with E-state index in [-0.39, 0.29) is 18.5 Å². The van der Waals surface area contributed by atoms with Crippen LogP contribution in [0.2, 0.25) is 0 Å². The number of amides is 1. The van der Waals surface area contributed by atoms with Crippen molar-refractivity contribution in [1.82, 2.24) is 9.88 Å². The summed E-state index contributed by atoms with van der Waals surface area (Å²) < 4.78 is 7.38. The molecule has 0 radical (unpaired) electrons. The average molecular weight is 545 g/mol. The lowest BCUT2D eigenvalue weighted by Gasteiger charge is -2.30. The van der Waals surface area contributed by atoms with Crippen molar-refractivity contribution in [3.63, 3.8) is 0 Å². The van der Waals surface area contributed by atoms with Gasteiger partial charge in [-0.15, -0.1) is 0 Å². The zero-order valence-electron chi connectivity index (χ0n) is 23.9. The Labute approximate surface area is 236 Å². The number of aromatic nitrogens is 1. The lowest BCUT2D eigenvalue weighted by atomic mass is 10.0. The second kappa shape index (κ2) is 13.1. The maximum Gasteiger partial charge on any atom is 0.262 e. The van der Waals surface area contributed by atoms with Crippen LogP contribution in [0.1, 0.15) is 52.1 Å². The van der Waals surface area contributed by atoms with Gasteiger partial charge in [0.05, 0.1) is 12.2 Å². The number of nitrogens with one attached hydrogen (secondary N) is 1. The highest BCUT2D eigenvalue weighted by molar-refractivity contribution is 6.04. The number of fused-ring (bicyclic) bond motifs is 1. The number of carbonyl (C=O) groups excluding carboxylic acids is 1. The van der Waals surface area contributed by atoms with Crippen molar-refractivity contribution >= 4 is 27.9 Å². The van der Waals surface area contributed by atoms with E-state index in [9.17, 15) is 20.3 Å². The molecule has 2 heterocycles. The molecule has 0 spiro atoms. The predicted molar refractivity (Wildman–Crippen MR) is 158 cm³/mol. The Morgan fingerprint density at radius 2 is 1.77 bits per heavy atom. The molecule has 0 saturated carbocycles. The second-order valence-electron chi connectivity index (χ2n) is 10.6. The van der Waals surface area contributed by atoms with E-state index in [1.165, 1.54) is 11.1 Å². The molecule has 1 aliphatic rings. The van der Waals surface area contributed by atoms with Crippen LogP contribution in [0.5, 0.6) is 0 Å². The van der Waals surface area contributed by atoms with Crippen molar-refractivity contribution in [2.45, 2.75) is 65.0 Å². The van der Waals surface area contributed by atoms with Crippen molar-refractivity contribution in [2.24, 2.45) is 7.05 Å². The Balaban J connectivity index is 1.54. The van der Waals surface area contributed by atoms with E-state index in [0.717, 1.165) is 48.3 Å². The Hall–Kier alpha value is -3.64. The largest absolute Gasteiger partial charge is 0.393 e. The van der Waals surface area contributed by atoms with Gasteiger partial charge in [0.25, 0.3) is 5.91 Å². The lowest BCUT2D eigenvalue weighted by molar-refractivity contribution is -0.187. The second-order valence-corrected chi connectivity index (χ2v) is 10.6. The van der Waals surface area contributed by atoms with Crippen molar-refractivity contribution in [2.75, 3.05) is 24.5 Å². The SMILES string of the molecule is CCCN(CCC)c1ccc2cc(-c3ccc(/C(C)=C(\C#N)C(=O)NCC4CC(O)CC(O)O4)n3C)ccc2c1. The summed E-state index contributed by atoms with van der Waals surface area (Å²) in [6.45, 7) is 8.36. The molecule has 3 atom stereocenters. The van der Waals surface area contributed by atoms with E-state index in [1.54, 1.807) is 6.92 Å². The first kappa shape index (κ1) is 29.3. The predicted octanol–water partition coefficient (Wildman–Crippen LogP) is 4.74. The first-order chi connectivity index (χ1) is 19.2. The molecule has 3 unspecified atom stereocenters. The summed E-state index contributed by atoms with van der Waals surface area (Å²) in [5.41, 5.74) is 4.63. The maximum atomic E-state index is 12.9. The number of aliphatic hydroxyl groups excluding tert-OH is 2. The van der Waals surface area contributed by atoms with Crippen molar-refractivity contribution in [3.8, 4) is 17.3 Å². The minimum atomic E-state index is -1.06. The molecule has 1 saturated heterocycles. The van der Waals surface area contributed by atoms with E-state index in [1.807, 2.05) is 29.8 Å². The highest BCUT2D eigenvalue weighted by Crippen LogP contribution is 2.31. The van der Waals surface area contributed by atoms with E-state index in [2.05, 4.69) is 60.5 Å². The monoisotopic (exact) mass is 544 g/mol. The topological polar surface area (TPSA) is 111 Å². The third-order valence-electron chi connectivity index (χ3n) is 7.54. The maximum absolute atomic E-state index is 12.9. The third-order valence-corrected chi connectivity index (χ3v) is 7.54. The number of ether oxygens (including phenoxy) is 1. The molecule has 3 aromatic rings. The fraction of sp³-hybridized carbons (Fsp3) is 0.438. The molecule has 0 aliphatic carbocycles. The number of rotatable bonds is 10. The van der Waals surface area contributed by atoms with Gasteiger partial charge in [-0.25, -0.2) is 0 Å². The number of carbonyl (C=O) groups is 1. The summed E-state index contributed by atoms with van der Waals surface area (Å²) in [5, 5.41) is 34.4. The third kappa shape index (κ3) is 6.56. The Kier molecular flexibility index (Phi) is 9.64. The molecule has 8 heteroatoms. The lowest BCUT2D eigenvalue weighted by Crippen LogP contribution is -2.42. The number of aliphatic hydroxyl groups is 2. The number of benzene rings is 2. The molecule has 1 aliphatic heterocycles. The van der Waals surface area contributed by atoms with Crippen LogP contribution in [0.15, 0.2) is 54.1 Å². The zero-order chi connectivity index (χ0) is 28.8. The molecular weight excluding hydrogens is 504 g/mol. The minimum Gasteiger partial charge on any atom is -0.393 e. The van der Waals surface area contributed by atoms with Crippen molar-refractivity contribution in [3.05, 3.63) is 59.8 Å². The van der Waals surface area contributed by atoms with Crippen LogP contribution in [-0.4, -0.2) is 58.8 Å². The number of hydrogen-bond acceptors (Lipinski definition) is 6. The van der Waals surface area contributed by atoms with Crippen LogP contribution in [0.25, 0.3) is 27.6 Å². The van der Waals surface area contributed by atoms with Gasteiger partial charge in [0.2, 0.25) is 0 Å². The van der Waals surface area contributed by atoms with Gasteiger partial charge in [-0.1, -0.05) is 32.0 Å². The first-order valence-corrected chi connectivity index (χ1v) is 14.1. The number of hydrogen-bond donors (Lipinski definition) is 3. The minimum absolute atomic E-state index is 0.0133. The summed E-state index contributed by atoms with van der Waals surface area (Å²) in [5.74, 6) is -0.511. The van der Waals surface area contributed by atoms with Gasteiger partial charge in [-0.3, -0.25) is 4.79 Å². The molecule has 1 aromatic heterocycles. The fourth-order valence-electron chi connectivity index (χ4n) is 5.50. The average Bonchev–Trinajstić information content (AvgIpc) is 3.32. The van der Waals surface area contributed by atoms with E-state index < -0.39 is 24.4 Å². The molecule has 4 rings (SSSR count). The Bertz CT molecular complexity index is 1400. The van der Waals surface area contributed by atoms with Gasteiger partial charge in [-0.2, -0.15) is 5.26 Å². The molecule has 0 bridgehead atoms. The Morgan fingerprint density at radius 1 is 1.07 bits per heavy atom. The van der Waals surface area contributed by atoms with Crippen molar-refractivity contribution in [1.29, 1.82) is 5.26 Å². The van der Waals surface area contributed by atoms with Crippen LogP contribution >= 0.6 is 0 Å². The molecular formula is C32H40N4O4. The van der Waals surface area contributed by atoms with Gasteiger partial charge in [0.15, 0.2) is 6.29 Å². The van der Waals surface area contributed by atoms with E-state index >= 15 is 0 Å². The molecule has 8 nitrogen and oxygen atoms in total. The number of anilines is 1. The summed E-state index contributed by atoms with van der Waals surface area (Å²) in [7, 11) is 1.93. The van der Waals surface area contributed by atoms with E-state index in [0.29, 0.717) is 12.0 Å². The van der Waals surface area contributed by atoms with E-state index in [4.69, 9.17) is 4.74 Å².